The highest BCUT2D eigenvalue weighted by molar-refractivity contribution is 5.94. The molecule has 0 saturated heterocycles. The number of rotatable bonds is 5. The van der Waals surface area contributed by atoms with Crippen molar-refractivity contribution in [3.63, 3.8) is 0 Å². The van der Waals surface area contributed by atoms with Crippen LogP contribution in [-0.4, -0.2) is 24.2 Å². The molecule has 1 aliphatic carbocycles. The van der Waals surface area contributed by atoms with Gasteiger partial charge in [-0.05, 0) is 24.7 Å². The third-order valence-corrected chi connectivity index (χ3v) is 3.66. The average molecular weight is 309 g/mol. The minimum Gasteiger partial charge on any atom is -0.396 e. The zero-order valence-corrected chi connectivity index (χ0v) is 10.8. The highest BCUT2D eigenvalue weighted by atomic mass is 19.2. The zero-order valence-electron chi connectivity index (χ0n) is 10.8. The molecular weight excluding hydrogens is 297 g/mol. The smallest absolute Gasteiger partial charge is 0.257 e. The molecule has 2 rings (SSSR count). The normalized spacial score (nSPS) is 15.9. The maximum atomic E-state index is 13.4. The van der Waals surface area contributed by atoms with E-state index < -0.39 is 40.6 Å². The Morgan fingerprint density at radius 3 is 1.90 bits per heavy atom. The molecule has 116 valence electrons. The van der Waals surface area contributed by atoms with E-state index in [4.69, 9.17) is 5.11 Å². The second kappa shape index (κ2) is 5.59. The molecule has 0 atom stereocenters. The molecule has 0 heterocycles. The van der Waals surface area contributed by atoms with Crippen LogP contribution < -0.4 is 5.32 Å². The van der Waals surface area contributed by atoms with Crippen molar-refractivity contribution in [2.45, 2.75) is 19.3 Å². The van der Waals surface area contributed by atoms with Crippen LogP contribution in [-0.2, 0) is 0 Å². The lowest BCUT2D eigenvalue weighted by Gasteiger charge is -2.15. The predicted octanol–water partition coefficient (Wildman–Crippen LogP) is 2.27. The van der Waals surface area contributed by atoms with E-state index in [9.17, 15) is 26.7 Å². The second-order valence-corrected chi connectivity index (χ2v) is 5.10. The Balaban J connectivity index is 2.20. The van der Waals surface area contributed by atoms with Gasteiger partial charge < -0.3 is 10.4 Å². The quantitative estimate of drug-likeness (QED) is 0.498. The summed E-state index contributed by atoms with van der Waals surface area (Å²) in [5.74, 6) is -12.3. The van der Waals surface area contributed by atoms with E-state index in [0.29, 0.717) is 19.3 Å². The predicted molar refractivity (Wildman–Crippen MR) is 61.9 cm³/mol. The summed E-state index contributed by atoms with van der Waals surface area (Å²) in [5.41, 5.74) is -1.85. The number of nitrogens with one attached hydrogen (secondary N) is 1. The lowest BCUT2D eigenvalue weighted by molar-refractivity contribution is 0.0929. The Bertz CT molecular complexity index is 557. The molecule has 1 amide bonds. The van der Waals surface area contributed by atoms with E-state index in [-0.39, 0.29) is 18.6 Å². The van der Waals surface area contributed by atoms with Gasteiger partial charge in [0.25, 0.3) is 5.91 Å². The summed E-state index contributed by atoms with van der Waals surface area (Å²) in [6.07, 6.45) is 1.82. The Morgan fingerprint density at radius 1 is 1.00 bits per heavy atom. The van der Waals surface area contributed by atoms with Gasteiger partial charge >= 0.3 is 0 Å². The molecule has 1 aromatic rings. The van der Waals surface area contributed by atoms with Crippen LogP contribution in [0.3, 0.4) is 0 Å². The van der Waals surface area contributed by atoms with Crippen molar-refractivity contribution in [1.82, 2.24) is 5.32 Å². The first-order chi connectivity index (χ1) is 9.83. The minimum absolute atomic E-state index is 0.00584. The SMILES string of the molecule is O=C(NCC1(CCO)CC1)c1c(F)c(F)c(F)c(F)c1F. The first kappa shape index (κ1) is 15.7. The van der Waals surface area contributed by atoms with Crippen molar-refractivity contribution in [2.24, 2.45) is 5.41 Å². The van der Waals surface area contributed by atoms with E-state index in [1.165, 1.54) is 0 Å². The Morgan fingerprint density at radius 2 is 1.48 bits per heavy atom. The van der Waals surface area contributed by atoms with Gasteiger partial charge in [-0.1, -0.05) is 0 Å². The molecule has 0 aromatic heterocycles. The van der Waals surface area contributed by atoms with E-state index >= 15 is 0 Å². The van der Waals surface area contributed by atoms with Crippen molar-refractivity contribution in [3.05, 3.63) is 34.6 Å². The molecule has 0 unspecified atom stereocenters. The summed E-state index contributed by atoms with van der Waals surface area (Å²) in [4.78, 5) is 11.7. The van der Waals surface area contributed by atoms with E-state index in [1.807, 2.05) is 0 Å². The number of hydrogen-bond donors (Lipinski definition) is 2. The molecule has 21 heavy (non-hydrogen) atoms. The fourth-order valence-corrected chi connectivity index (χ4v) is 2.09. The van der Waals surface area contributed by atoms with Crippen LogP contribution in [0.4, 0.5) is 22.0 Å². The average Bonchev–Trinajstić information content (AvgIpc) is 3.22. The maximum Gasteiger partial charge on any atom is 0.257 e. The van der Waals surface area contributed by atoms with Crippen molar-refractivity contribution < 1.29 is 31.9 Å². The van der Waals surface area contributed by atoms with Gasteiger partial charge in [0.2, 0.25) is 5.82 Å². The summed E-state index contributed by atoms with van der Waals surface area (Å²) >= 11 is 0. The second-order valence-electron chi connectivity index (χ2n) is 5.10. The van der Waals surface area contributed by atoms with Crippen molar-refractivity contribution in [3.8, 4) is 0 Å². The van der Waals surface area contributed by atoms with Crippen LogP contribution in [0.25, 0.3) is 0 Å². The fourth-order valence-electron chi connectivity index (χ4n) is 2.09. The van der Waals surface area contributed by atoms with E-state index in [0.717, 1.165) is 0 Å². The number of aliphatic hydroxyl groups excluding tert-OH is 1. The van der Waals surface area contributed by atoms with Gasteiger partial charge in [0.15, 0.2) is 23.3 Å². The molecule has 1 fully saturated rings. The molecule has 3 nitrogen and oxygen atoms in total. The molecule has 1 aromatic carbocycles. The number of aliphatic hydroxyl groups is 1. The minimum atomic E-state index is -2.31. The molecular formula is C13H12F5NO2. The number of halogens is 5. The third-order valence-electron chi connectivity index (χ3n) is 3.66. The van der Waals surface area contributed by atoms with Crippen LogP contribution >= 0.6 is 0 Å². The van der Waals surface area contributed by atoms with Gasteiger partial charge in [-0.3, -0.25) is 4.79 Å². The summed E-state index contributed by atoms with van der Waals surface area (Å²) in [7, 11) is 0. The molecule has 2 N–H and O–H groups in total. The van der Waals surface area contributed by atoms with Crippen LogP contribution in [0.15, 0.2) is 0 Å². The molecule has 0 radical (unpaired) electrons. The van der Waals surface area contributed by atoms with Gasteiger partial charge in [-0.15, -0.1) is 0 Å². The van der Waals surface area contributed by atoms with Gasteiger partial charge in [-0.25, -0.2) is 22.0 Å². The van der Waals surface area contributed by atoms with Crippen LogP contribution in [0.2, 0.25) is 0 Å². The first-order valence-corrected chi connectivity index (χ1v) is 6.23. The summed E-state index contributed by atoms with van der Waals surface area (Å²) < 4.78 is 65.7. The molecule has 1 aliphatic rings. The van der Waals surface area contributed by atoms with Crippen LogP contribution in [0.1, 0.15) is 29.6 Å². The Labute approximate surface area is 116 Å². The lowest BCUT2D eigenvalue weighted by Crippen LogP contribution is -2.32. The number of carbonyl (C=O) groups is 1. The molecule has 0 aliphatic heterocycles. The van der Waals surface area contributed by atoms with E-state index in [2.05, 4.69) is 5.32 Å². The summed E-state index contributed by atoms with van der Waals surface area (Å²) in [5, 5.41) is 11.0. The topological polar surface area (TPSA) is 49.3 Å². The van der Waals surface area contributed by atoms with E-state index in [1.54, 1.807) is 0 Å². The number of benzene rings is 1. The van der Waals surface area contributed by atoms with Gasteiger partial charge in [0, 0.05) is 13.2 Å². The monoisotopic (exact) mass is 309 g/mol. The number of carbonyl (C=O) groups excluding carboxylic acids is 1. The lowest BCUT2D eigenvalue weighted by atomic mass is 10.0. The number of hydrogen-bond acceptors (Lipinski definition) is 2. The molecule has 0 spiro atoms. The largest absolute Gasteiger partial charge is 0.396 e. The zero-order chi connectivity index (χ0) is 15.8. The Kier molecular flexibility index (Phi) is 4.18. The summed E-state index contributed by atoms with van der Waals surface area (Å²) in [6, 6.07) is 0. The van der Waals surface area contributed by atoms with Gasteiger partial charge in [-0.2, -0.15) is 0 Å². The van der Waals surface area contributed by atoms with Crippen LogP contribution in [0.5, 0.6) is 0 Å². The highest BCUT2D eigenvalue weighted by Gasteiger charge is 2.42. The molecule has 0 bridgehead atoms. The Hall–Kier alpha value is -1.70. The third kappa shape index (κ3) is 2.85. The van der Waals surface area contributed by atoms with Crippen molar-refractivity contribution >= 4 is 5.91 Å². The summed E-state index contributed by atoms with van der Waals surface area (Å²) in [6.45, 7) is -0.107. The van der Waals surface area contributed by atoms with Crippen molar-refractivity contribution in [1.29, 1.82) is 0 Å². The molecule has 1 saturated carbocycles. The maximum absolute atomic E-state index is 13.4. The first-order valence-electron chi connectivity index (χ1n) is 6.23. The standard InChI is InChI=1S/C13H12F5NO2/c14-7-6(8(15)10(17)11(18)9(7)16)12(21)19-5-13(1-2-13)3-4-20/h20H,1-5H2,(H,19,21). The van der Waals surface area contributed by atoms with Crippen LogP contribution in [0, 0.1) is 34.5 Å². The van der Waals surface area contributed by atoms with Crippen molar-refractivity contribution in [2.75, 3.05) is 13.2 Å². The fraction of sp³-hybridized carbons (Fsp3) is 0.462. The highest BCUT2D eigenvalue weighted by Crippen LogP contribution is 2.47. The molecule has 8 heteroatoms. The van der Waals surface area contributed by atoms with Gasteiger partial charge in [0.05, 0.1) is 0 Å². The number of amides is 1. The van der Waals surface area contributed by atoms with Gasteiger partial charge in [0.1, 0.15) is 5.56 Å².